The van der Waals surface area contributed by atoms with Crippen LogP contribution in [0.15, 0.2) is 12.7 Å². The highest BCUT2D eigenvalue weighted by atomic mass is 16.5. The van der Waals surface area contributed by atoms with Crippen LogP contribution in [0.3, 0.4) is 0 Å². The number of hydrogen-bond acceptors (Lipinski definition) is 3. The SMILES string of the molecule is C=CCCCN1CCCC(CNCCOC)C1. The van der Waals surface area contributed by atoms with Crippen molar-refractivity contribution in [2.45, 2.75) is 25.7 Å². The summed E-state index contributed by atoms with van der Waals surface area (Å²) in [6.07, 6.45) is 7.15. The Hall–Kier alpha value is -0.380. The zero-order valence-electron chi connectivity index (χ0n) is 11.3. The van der Waals surface area contributed by atoms with Crippen molar-refractivity contribution in [1.82, 2.24) is 10.2 Å². The minimum atomic E-state index is 0.815. The molecular formula is C14H28N2O. The van der Waals surface area contributed by atoms with Crippen molar-refractivity contribution in [1.29, 1.82) is 0 Å². The number of piperidine rings is 1. The highest BCUT2D eigenvalue weighted by molar-refractivity contribution is 4.75. The highest BCUT2D eigenvalue weighted by Gasteiger charge is 2.18. The first kappa shape index (κ1) is 14.7. The molecular weight excluding hydrogens is 212 g/mol. The Labute approximate surface area is 106 Å². The van der Waals surface area contributed by atoms with Crippen LogP contribution in [-0.2, 0) is 4.74 Å². The Morgan fingerprint density at radius 3 is 3.18 bits per heavy atom. The predicted octanol–water partition coefficient (Wildman–Crippen LogP) is 1.90. The maximum absolute atomic E-state index is 5.04. The first-order valence-corrected chi connectivity index (χ1v) is 6.89. The molecule has 0 amide bonds. The van der Waals surface area contributed by atoms with Crippen LogP contribution < -0.4 is 5.32 Å². The molecule has 0 aromatic heterocycles. The van der Waals surface area contributed by atoms with Gasteiger partial charge in [-0.05, 0) is 51.2 Å². The summed E-state index contributed by atoms with van der Waals surface area (Å²) in [6.45, 7) is 10.5. The van der Waals surface area contributed by atoms with Gasteiger partial charge in [0.1, 0.15) is 0 Å². The first-order chi connectivity index (χ1) is 8.36. The van der Waals surface area contributed by atoms with Crippen molar-refractivity contribution in [3.8, 4) is 0 Å². The second kappa shape index (κ2) is 9.63. The zero-order chi connectivity index (χ0) is 12.3. The molecule has 0 radical (unpaired) electrons. The van der Waals surface area contributed by atoms with Crippen LogP contribution >= 0.6 is 0 Å². The Bertz CT molecular complexity index is 197. The van der Waals surface area contributed by atoms with Crippen LogP contribution in [0.5, 0.6) is 0 Å². The second-order valence-corrected chi connectivity index (χ2v) is 4.94. The molecule has 0 aliphatic carbocycles. The van der Waals surface area contributed by atoms with Crippen molar-refractivity contribution < 1.29 is 4.74 Å². The summed E-state index contributed by atoms with van der Waals surface area (Å²) in [5.74, 6) is 0.823. The van der Waals surface area contributed by atoms with Gasteiger partial charge in [0.05, 0.1) is 6.61 Å². The number of likely N-dealkylation sites (tertiary alicyclic amines) is 1. The molecule has 3 heteroatoms. The van der Waals surface area contributed by atoms with E-state index in [1.54, 1.807) is 7.11 Å². The fraction of sp³-hybridized carbons (Fsp3) is 0.857. The van der Waals surface area contributed by atoms with E-state index in [1.165, 1.54) is 38.9 Å². The molecule has 100 valence electrons. The van der Waals surface area contributed by atoms with Crippen LogP contribution in [0, 0.1) is 5.92 Å². The van der Waals surface area contributed by atoms with Gasteiger partial charge in [-0.2, -0.15) is 0 Å². The Kier molecular flexibility index (Phi) is 8.32. The summed E-state index contributed by atoms with van der Waals surface area (Å²) < 4.78 is 5.04. The molecule has 0 aromatic rings. The third-order valence-electron chi connectivity index (χ3n) is 3.40. The van der Waals surface area contributed by atoms with E-state index in [4.69, 9.17) is 4.74 Å². The number of methoxy groups -OCH3 is 1. The van der Waals surface area contributed by atoms with Gasteiger partial charge in [0, 0.05) is 20.2 Å². The van der Waals surface area contributed by atoms with Crippen LogP contribution in [-0.4, -0.2) is 51.3 Å². The van der Waals surface area contributed by atoms with Crippen LogP contribution in [0.1, 0.15) is 25.7 Å². The standard InChI is InChI=1S/C14H28N2O/c1-3-4-5-9-16-10-6-7-14(13-16)12-15-8-11-17-2/h3,14-15H,1,4-13H2,2H3. The van der Waals surface area contributed by atoms with Crippen molar-refractivity contribution >= 4 is 0 Å². The Morgan fingerprint density at radius 2 is 2.41 bits per heavy atom. The minimum Gasteiger partial charge on any atom is -0.383 e. The molecule has 0 bridgehead atoms. The molecule has 0 spiro atoms. The lowest BCUT2D eigenvalue weighted by Gasteiger charge is -2.32. The molecule has 1 heterocycles. The molecule has 1 fully saturated rings. The maximum atomic E-state index is 5.04. The molecule has 1 atom stereocenters. The number of ether oxygens (including phenoxy) is 1. The van der Waals surface area contributed by atoms with E-state index in [0.29, 0.717) is 0 Å². The van der Waals surface area contributed by atoms with E-state index in [1.807, 2.05) is 6.08 Å². The smallest absolute Gasteiger partial charge is 0.0587 e. The van der Waals surface area contributed by atoms with Crippen LogP contribution in [0.4, 0.5) is 0 Å². The number of nitrogens with zero attached hydrogens (tertiary/aromatic N) is 1. The zero-order valence-corrected chi connectivity index (χ0v) is 11.3. The average Bonchev–Trinajstić information content (AvgIpc) is 2.36. The van der Waals surface area contributed by atoms with E-state index in [0.717, 1.165) is 32.0 Å². The molecule has 17 heavy (non-hydrogen) atoms. The van der Waals surface area contributed by atoms with E-state index < -0.39 is 0 Å². The molecule has 1 aliphatic rings. The van der Waals surface area contributed by atoms with Gasteiger partial charge in [-0.1, -0.05) is 6.08 Å². The second-order valence-electron chi connectivity index (χ2n) is 4.94. The fourth-order valence-electron chi connectivity index (χ4n) is 2.46. The van der Waals surface area contributed by atoms with E-state index in [9.17, 15) is 0 Å². The normalized spacial score (nSPS) is 21.6. The molecule has 0 aromatic carbocycles. The molecule has 1 saturated heterocycles. The van der Waals surface area contributed by atoms with E-state index >= 15 is 0 Å². The summed E-state index contributed by atoms with van der Waals surface area (Å²) in [5.41, 5.74) is 0. The monoisotopic (exact) mass is 240 g/mol. The largest absolute Gasteiger partial charge is 0.383 e. The number of unbranched alkanes of at least 4 members (excludes halogenated alkanes) is 1. The number of rotatable bonds is 9. The Balaban J connectivity index is 2.08. The van der Waals surface area contributed by atoms with Crippen molar-refractivity contribution in [2.75, 3.05) is 46.4 Å². The van der Waals surface area contributed by atoms with Crippen molar-refractivity contribution in [2.24, 2.45) is 5.92 Å². The van der Waals surface area contributed by atoms with Gasteiger partial charge < -0.3 is 15.0 Å². The summed E-state index contributed by atoms with van der Waals surface area (Å²) >= 11 is 0. The van der Waals surface area contributed by atoms with Gasteiger partial charge in [-0.25, -0.2) is 0 Å². The van der Waals surface area contributed by atoms with E-state index in [-0.39, 0.29) is 0 Å². The van der Waals surface area contributed by atoms with Gasteiger partial charge in [0.2, 0.25) is 0 Å². The lowest BCUT2D eigenvalue weighted by atomic mass is 9.98. The Morgan fingerprint density at radius 1 is 1.53 bits per heavy atom. The number of hydrogen-bond donors (Lipinski definition) is 1. The summed E-state index contributed by atoms with van der Waals surface area (Å²) in [4.78, 5) is 2.61. The summed E-state index contributed by atoms with van der Waals surface area (Å²) in [7, 11) is 1.75. The fourth-order valence-corrected chi connectivity index (χ4v) is 2.46. The molecule has 0 saturated carbocycles. The average molecular weight is 240 g/mol. The first-order valence-electron chi connectivity index (χ1n) is 6.89. The molecule has 3 nitrogen and oxygen atoms in total. The number of nitrogens with one attached hydrogen (secondary N) is 1. The lowest BCUT2D eigenvalue weighted by molar-refractivity contribution is 0.164. The van der Waals surface area contributed by atoms with Crippen LogP contribution in [0.25, 0.3) is 0 Å². The van der Waals surface area contributed by atoms with Gasteiger partial charge in [-0.15, -0.1) is 6.58 Å². The third kappa shape index (κ3) is 6.81. The molecule has 1 N–H and O–H groups in total. The molecule has 1 rings (SSSR count). The maximum Gasteiger partial charge on any atom is 0.0587 e. The van der Waals surface area contributed by atoms with Gasteiger partial charge in [0.15, 0.2) is 0 Å². The highest BCUT2D eigenvalue weighted by Crippen LogP contribution is 2.16. The van der Waals surface area contributed by atoms with Gasteiger partial charge in [-0.3, -0.25) is 0 Å². The number of allylic oxidation sites excluding steroid dienone is 1. The van der Waals surface area contributed by atoms with Crippen molar-refractivity contribution in [3.63, 3.8) is 0 Å². The van der Waals surface area contributed by atoms with Gasteiger partial charge in [0.25, 0.3) is 0 Å². The molecule has 1 unspecified atom stereocenters. The lowest BCUT2D eigenvalue weighted by Crippen LogP contribution is -2.40. The van der Waals surface area contributed by atoms with Crippen molar-refractivity contribution in [3.05, 3.63) is 12.7 Å². The topological polar surface area (TPSA) is 24.5 Å². The summed E-state index contributed by atoms with van der Waals surface area (Å²) in [5, 5.41) is 3.48. The van der Waals surface area contributed by atoms with Crippen LogP contribution in [0.2, 0.25) is 0 Å². The predicted molar refractivity (Wildman–Crippen MR) is 73.3 cm³/mol. The summed E-state index contributed by atoms with van der Waals surface area (Å²) in [6, 6.07) is 0. The van der Waals surface area contributed by atoms with Gasteiger partial charge >= 0.3 is 0 Å². The van der Waals surface area contributed by atoms with E-state index in [2.05, 4.69) is 16.8 Å². The quantitative estimate of drug-likeness (QED) is 0.492. The third-order valence-corrected chi connectivity index (χ3v) is 3.40. The minimum absolute atomic E-state index is 0.815. The molecule has 1 aliphatic heterocycles.